The molecule has 43 heavy (non-hydrogen) atoms. The molecule has 0 bridgehead atoms. The van der Waals surface area contributed by atoms with E-state index in [2.05, 4.69) is 16.0 Å². The van der Waals surface area contributed by atoms with Gasteiger partial charge in [-0.3, -0.25) is 24.0 Å². The predicted octanol–water partition coefficient (Wildman–Crippen LogP) is 1.43. The van der Waals surface area contributed by atoms with E-state index in [0.717, 1.165) is 31.0 Å². The van der Waals surface area contributed by atoms with Crippen molar-refractivity contribution in [2.24, 2.45) is 23.2 Å². The van der Waals surface area contributed by atoms with Crippen LogP contribution in [0.3, 0.4) is 0 Å². The zero-order valence-electron chi connectivity index (χ0n) is 24.1. The van der Waals surface area contributed by atoms with Crippen LogP contribution in [0, 0.1) is 23.2 Å². The van der Waals surface area contributed by atoms with Crippen molar-refractivity contribution in [1.29, 1.82) is 0 Å². The summed E-state index contributed by atoms with van der Waals surface area (Å²) in [5.74, 6) is -4.17. The molecule has 234 valence electrons. The number of methoxy groups -OCH3 is 1. The van der Waals surface area contributed by atoms with Crippen molar-refractivity contribution < 1.29 is 46.6 Å². The molecule has 5 atom stereocenters. The summed E-state index contributed by atoms with van der Waals surface area (Å²) in [5, 5.41) is 8.00. The largest absolute Gasteiger partial charge is 0.493 e. The Labute approximate surface area is 246 Å². The summed E-state index contributed by atoms with van der Waals surface area (Å²) in [6.07, 6.45) is -2.66. The van der Waals surface area contributed by atoms with Crippen LogP contribution in [0.15, 0.2) is 18.2 Å². The van der Waals surface area contributed by atoms with Gasteiger partial charge in [0.15, 0.2) is 18.1 Å². The number of ketones is 1. The number of nitrogens with zero attached hydrogens (tertiary/aromatic N) is 1. The van der Waals surface area contributed by atoms with Crippen LogP contribution in [0.2, 0.25) is 0 Å². The number of halogens is 3. The molecule has 2 aliphatic carbocycles. The van der Waals surface area contributed by atoms with Crippen molar-refractivity contribution in [3.8, 4) is 11.5 Å². The maximum absolute atomic E-state index is 13.8. The highest BCUT2D eigenvalue weighted by molar-refractivity contribution is 6.38. The van der Waals surface area contributed by atoms with E-state index in [9.17, 15) is 37.1 Å². The Bertz CT molecular complexity index is 1330. The number of ether oxygens (including phenoxy) is 2. The smallest absolute Gasteiger partial charge is 0.416 e. The number of hydrogen-bond acceptors (Lipinski definition) is 7. The van der Waals surface area contributed by atoms with Gasteiger partial charge in [-0.1, -0.05) is 13.8 Å². The van der Waals surface area contributed by atoms with Gasteiger partial charge in [0.2, 0.25) is 17.6 Å². The van der Waals surface area contributed by atoms with Crippen molar-refractivity contribution in [3.05, 3.63) is 23.8 Å². The molecule has 3 N–H and O–H groups in total. The average molecular weight is 609 g/mol. The second-order valence-corrected chi connectivity index (χ2v) is 12.3. The minimum absolute atomic E-state index is 0.000678. The highest BCUT2D eigenvalue weighted by atomic mass is 19.4. The van der Waals surface area contributed by atoms with Crippen LogP contribution in [0.5, 0.6) is 11.5 Å². The first-order chi connectivity index (χ1) is 20.2. The SMILES string of the molecule is COc1cc(C(F)(F)F)ccc1OCC(=O)N1C[C@H]2[C@@H]([C@H]1C(=O)N[C@@H](C[C@@H]1CCNC1=O)C(=O)C(=O)NC1CC1)C2(C)C. The Morgan fingerprint density at radius 1 is 1.14 bits per heavy atom. The van der Waals surface area contributed by atoms with Gasteiger partial charge in [0.25, 0.3) is 11.8 Å². The molecule has 1 aromatic carbocycles. The minimum atomic E-state index is -4.59. The van der Waals surface area contributed by atoms with E-state index in [1.54, 1.807) is 0 Å². The fraction of sp³-hybridized carbons (Fsp3) is 0.621. The molecule has 5 rings (SSSR count). The summed E-state index contributed by atoms with van der Waals surface area (Å²) in [7, 11) is 1.18. The lowest BCUT2D eigenvalue weighted by atomic mass is 9.94. The van der Waals surface area contributed by atoms with Gasteiger partial charge >= 0.3 is 6.18 Å². The zero-order valence-corrected chi connectivity index (χ0v) is 24.1. The van der Waals surface area contributed by atoms with E-state index in [1.165, 1.54) is 12.0 Å². The normalized spacial score (nSPS) is 26.2. The second-order valence-electron chi connectivity index (χ2n) is 12.3. The van der Waals surface area contributed by atoms with E-state index in [4.69, 9.17) is 9.47 Å². The number of benzene rings is 1. The number of nitrogens with one attached hydrogen (secondary N) is 3. The van der Waals surface area contributed by atoms with Gasteiger partial charge in [-0.2, -0.15) is 13.2 Å². The number of carbonyl (C=O) groups is 5. The fourth-order valence-electron chi connectivity index (χ4n) is 6.31. The van der Waals surface area contributed by atoms with Crippen LogP contribution < -0.4 is 25.4 Å². The number of carbonyl (C=O) groups excluding carboxylic acids is 5. The topological polar surface area (TPSA) is 143 Å². The summed E-state index contributed by atoms with van der Waals surface area (Å²) < 4.78 is 49.8. The molecular formula is C29H35F3N4O7. The molecule has 2 aliphatic heterocycles. The third-order valence-corrected chi connectivity index (χ3v) is 9.09. The maximum atomic E-state index is 13.8. The number of fused-ring (bicyclic) bond motifs is 1. The molecule has 2 saturated heterocycles. The average Bonchev–Trinajstić information content (AvgIpc) is 3.72. The lowest BCUT2D eigenvalue weighted by Gasteiger charge is -2.31. The van der Waals surface area contributed by atoms with Crippen LogP contribution in [-0.2, 0) is 30.1 Å². The molecule has 11 nitrogen and oxygen atoms in total. The first kappa shape index (κ1) is 30.6. The van der Waals surface area contributed by atoms with Gasteiger partial charge in [-0.15, -0.1) is 0 Å². The molecule has 2 saturated carbocycles. The van der Waals surface area contributed by atoms with Crippen LogP contribution in [-0.4, -0.2) is 79.2 Å². The number of Topliss-reactive ketones (excluding diaryl/α,β-unsaturated/α-hetero) is 1. The fourth-order valence-corrected chi connectivity index (χ4v) is 6.31. The molecule has 2 heterocycles. The predicted molar refractivity (Wildman–Crippen MR) is 144 cm³/mol. The standard InChI is InChI=1S/C29H35F3N4O7/c1-28(2)17-12-36(21(37)13-43-19-7-4-15(29(30,31)32)11-20(19)42-3)23(22(17)28)26(40)35-18(10-14-8-9-33-25(14)39)24(38)27(41)34-16-5-6-16/h4,7,11,14,16-18,22-23H,5-6,8-10,12-13H2,1-3H3,(H,33,39)(H,34,41)(H,35,40)/t14-,17-,18-,22-,23-/m0/s1. The van der Waals surface area contributed by atoms with E-state index >= 15 is 0 Å². The third-order valence-electron chi connectivity index (χ3n) is 9.09. The summed E-state index contributed by atoms with van der Waals surface area (Å²) in [4.78, 5) is 66.5. The molecule has 14 heteroatoms. The number of piperidine rings is 1. The summed E-state index contributed by atoms with van der Waals surface area (Å²) in [5.41, 5.74) is -1.20. The minimum Gasteiger partial charge on any atom is -0.493 e. The number of amides is 4. The second kappa shape index (κ2) is 11.3. The van der Waals surface area contributed by atoms with Crippen molar-refractivity contribution >= 4 is 29.4 Å². The molecule has 0 spiro atoms. The van der Waals surface area contributed by atoms with Gasteiger partial charge in [0, 0.05) is 25.0 Å². The van der Waals surface area contributed by atoms with Gasteiger partial charge < -0.3 is 30.3 Å². The molecular weight excluding hydrogens is 573 g/mol. The molecule has 4 fully saturated rings. The van der Waals surface area contributed by atoms with Crippen molar-refractivity contribution in [2.45, 2.75) is 63.8 Å². The van der Waals surface area contributed by atoms with E-state index in [1.807, 2.05) is 13.8 Å². The molecule has 0 aromatic heterocycles. The molecule has 4 amide bonds. The van der Waals surface area contributed by atoms with Crippen LogP contribution in [0.1, 0.15) is 45.1 Å². The highest BCUT2D eigenvalue weighted by Crippen LogP contribution is 2.64. The first-order valence-electron chi connectivity index (χ1n) is 14.3. The van der Waals surface area contributed by atoms with Gasteiger partial charge in [-0.25, -0.2) is 0 Å². The lowest BCUT2D eigenvalue weighted by Crippen LogP contribution is -2.56. The molecule has 1 aromatic rings. The van der Waals surface area contributed by atoms with E-state index in [-0.39, 0.29) is 53.7 Å². The first-order valence-corrected chi connectivity index (χ1v) is 14.3. The number of rotatable bonds is 11. The monoisotopic (exact) mass is 608 g/mol. The van der Waals surface area contributed by atoms with Crippen molar-refractivity contribution in [1.82, 2.24) is 20.9 Å². The Kier molecular flexibility index (Phi) is 8.07. The number of hydrogen-bond donors (Lipinski definition) is 3. The van der Waals surface area contributed by atoms with Gasteiger partial charge in [-0.05, 0) is 61.1 Å². The molecule has 4 aliphatic rings. The zero-order chi connectivity index (χ0) is 31.3. The van der Waals surface area contributed by atoms with E-state index in [0.29, 0.717) is 13.0 Å². The maximum Gasteiger partial charge on any atom is 0.416 e. The number of likely N-dealkylation sites (tertiary alicyclic amines) is 1. The molecule has 0 radical (unpaired) electrons. The Morgan fingerprint density at radius 2 is 1.86 bits per heavy atom. The van der Waals surface area contributed by atoms with Crippen molar-refractivity contribution in [3.63, 3.8) is 0 Å². The summed E-state index contributed by atoms with van der Waals surface area (Å²) in [6.45, 7) is 4.05. The summed E-state index contributed by atoms with van der Waals surface area (Å²) >= 11 is 0. The number of alkyl halides is 3. The van der Waals surface area contributed by atoms with Crippen LogP contribution in [0.4, 0.5) is 13.2 Å². The highest BCUT2D eigenvalue weighted by Gasteiger charge is 2.69. The Morgan fingerprint density at radius 3 is 2.47 bits per heavy atom. The molecule has 0 unspecified atom stereocenters. The lowest BCUT2D eigenvalue weighted by molar-refractivity contribution is -0.144. The van der Waals surface area contributed by atoms with Gasteiger partial charge in [0.1, 0.15) is 6.04 Å². The summed E-state index contributed by atoms with van der Waals surface area (Å²) in [6, 6.07) is 0.335. The van der Waals surface area contributed by atoms with Crippen LogP contribution in [0.25, 0.3) is 0 Å². The quantitative estimate of drug-likeness (QED) is 0.323. The third kappa shape index (κ3) is 6.28. The Balaban J connectivity index is 1.30. The van der Waals surface area contributed by atoms with Gasteiger partial charge in [0.05, 0.1) is 18.7 Å². The Hall–Kier alpha value is -3.84. The van der Waals surface area contributed by atoms with Crippen LogP contribution >= 0.6 is 0 Å². The van der Waals surface area contributed by atoms with Crippen molar-refractivity contribution in [2.75, 3.05) is 26.8 Å². The van der Waals surface area contributed by atoms with E-state index < -0.39 is 59.9 Å².